The van der Waals surface area contributed by atoms with E-state index in [0.29, 0.717) is 17.5 Å². The highest BCUT2D eigenvalue weighted by atomic mass is 32.2. The number of benzene rings is 1. The second-order valence-corrected chi connectivity index (χ2v) is 7.55. The highest BCUT2D eigenvalue weighted by molar-refractivity contribution is 7.99. The van der Waals surface area contributed by atoms with Gasteiger partial charge in [0.25, 0.3) is 0 Å². The molecule has 0 aromatic heterocycles. The molecule has 0 amide bonds. The Kier molecular flexibility index (Phi) is 3.61. The predicted molar refractivity (Wildman–Crippen MR) is 79.0 cm³/mol. The van der Waals surface area contributed by atoms with Gasteiger partial charge in [0.05, 0.1) is 0 Å². The first kappa shape index (κ1) is 13.4. The first-order chi connectivity index (χ1) is 9.08. The van der Waals surface area contributed by atoms with Crippen molar-refractivity contribution in [3.8, 4) is 0 Å². The average Bonchev–Trinajstić information content (AvgIpc) is 2.70. The monoisotopic (exact) mass is 279 g/mol. The fourth-order valence-electron chi connectivity index (χ4n) is 3.44. The van der Waals surface area contributed by atoms with Crippen molar-refractivity contribution in [2.75, 3.05) is 5.75 Å². The van der Waals surface area contributed by atoms with Crippen LogP contribution >= 0.6 is 11.8 Å². The molecule has 2 aliphatic rings. The van der Waals surface area contributed by atoms with Gasteiger partial charge < -0.3 is 5.32 Å². The van der Waals surface area contributed by atoms with Crippen LogP contribution in [0.4, 0.5) is 4.39 Å². The van der Waals surface area contributed by atoms with Crippen molar-refractivity contribution in [1.82, 2.24) is 5.32 Å². The molecule has 1 saturated carbocycles. The van der Waals surface area contributed by atoms with Crippen LogP contribution in [0.15, 0.2) is 23.1 Å². The second-order valence-electron chi connectivity index (χ2n) is 6.45. The lowest BCUT2D eigenvalue weighted by Gasteiger charge is -2.34. The maximum absolute atomic E-state index is 13.9. The van der Waals surface area contributed by atoms with Gasteiger partial charge in [-0.3, -0.25) is 0 Å². The molecule has 0 spiro atoms. The first-order valence-electron chi connectivity index (χ1n) is 7.25. The number of fused-ring (bicyclic) bond motifs is 1. The third-order valence-electron chi connectivity index (χ3n) is 4.69. The number of hydrogen-bond donors (Lipinski definition) is 1. The Hall–Kier alpha value is -0.540. The summed E-state index contributed by atoms with van der Waals surface area (Å²) in [5.74, 6) is 0.957. The van der Waals surface area contributed by atoms with Crippen LogP contribution in [0, 0.1) is 11.2 Å². The number of nitrogens with one attached hydrogen (secondary N) is 1. The quantitative estimate of drug-likeness (QED) is 0.853. The van der Waals surface area contributed by atoms with Gasteiger partial charge in [-0.05, 0) is 42.1 Å². The summed E-state index contributed by atoms with van der Waals surface area (Å²) < 4.78 is 13.9. The summed E-state index contributed by atoms with van der Waals surface area (Å²) in [4.78, 5) is 0.863. The van der Waals surface area contributed by atoms with Crippen LogP contribution in [0.5, 0.6) is 0 Å². The predicted octanol–water partition coefficient (Wildman–Crippen LogP) is 4.53. The molecule has 2 atom stereocenters. The summed E-state index contributed by atoms with van der Waals surface area (Å²) in [5, 5.41) is 3.81. The fraction of sp³-hybridized carbons (Fsp3) is 0.625. The van der Waals surface area contributed by atoms with Crippen molar-refractivity contribution in [2.45, 2.75) is 56.5 Å². The van der Waals surface area contributed by atoms with Crippen molar-refractivity contribution >= 4 is 11.8 Å². The molecule has 3 rings (SSSR count). The summed E-state index contributed by atoms with van der Waals surface area (Å²) >= 11 is 1.66. The Labute approximate surface area is 119 Å². The standard InChI is InChI=1S/C16H22FNS/c1-16(2)9-4-7-14(16)18-13-8-10-19-15-11(13)5-3-6-12(15)17/h3,5-6,13-14,18H,4,7-10H2,1-2H3. The molecule has 1 N–H and O–H groups in total. The van der Waals surface area contributed by atoms with E-state index in [1.165, 1.54) is 24.8 Å². The molecule has 1 aromatic carbocycles. The molecule has 1 aliphatic heterocycles. The lowest BCUT2D eigenvalue weighted by molar-refractivity contribution is 0.257. The van der Waals surface area contributed by atoms with Crippen LogP contribution < -0.4 is 5.32 Å². The Balaban J connectivity index is 1.82. The number of thioether (sulfide) groups is 1. The number of rotatable bonds is 2. The number of hydrogen-bond acceptors (Lipinski definition) is 2. The molecule has 0 bridgehead atoms. The second kappa shape index (κ2) is 5.10. The Morgan fingerprint density at radius 1 is 1.32 bits per heavy atom. The van der Waals surface area contributed by atoms with Crippen LogP contribution in [0.25, 0.3) is 0 Å². The summed E-state index contributed by atoms with van der Waals surface area (Å²) in [6.07, 6.45) is 4.96. The largest absolute Gasteiger partial charge is 0.307 e. The Bertz CT molecular complexity index is 472. The minimum Gasteiger partial charge on any atom is -0.307 e. The zero-order valence-electron chi connectivity index (χ0n) is 11.7. The molecular weight excluding hydrogens is 257 g/mol. The zero-order valence-corrected chi connectivity index (χ0v) is 12.5. The van der Waals surface area contributed by atoms with Gasteiger partial charge in [0.2, 0.25) is 0 Å². The smallest absolute Gasteiger partial charge is 0.137 e. The molecule has 1 heterocycles. The third-order valence-corrected chi connectivity index (χ3v) is 5.84. The molecule has 19 heavy (non-hydrogen) atoms. The lowest BCUT2D eigenvalue weighted by atomic mass is 9.86. The van der Waals surface area contributed by atoms with E-state index in [-0.39, 0.29) is 5.82 Å². The topological polar surface area (TPSA) is 12.0 Å². The molecule has 1 aliphatic carbocycles. The van der Waals surface area contributed by atoms with Gasteiger partial charge in [-0.15, -0.1) is 11.8 Å². The van der Waals surface area contributed by atoms with Crippen molar-refractivity contribution in [3.63, 3.8) is 0 Å². The fourth-order valence-corrected chi connectivity index (χ4v) is 4.58. The van der Waals surface area contributed by atoms with Gasteiger partial charge in [0, 0.05) is 17.0 Å². The van der Waals surface area contributed by atoms with Gasteiger partial charge in [0.15, 0.2) is 0 Å². The van der Waals surface area contributed by atoms with Gasteiger partial charge in [-0.2, -0.15) is 0 Å². The summed E-state index contributed by atoms with van der Waals surface area (Å²) in [6, 6.07) is 6.40. The SMILES string of the molecule is CC1(C)CCCC1NC1CCSc2c(F)cccc21. The van der Waals surface area contributed by atoms with Crippen molar-refractivity contribution in [2.24, 2.45) is 5.41 Å². The lowest BCUT2D eigenvalue weighted by Crippen LogP contribution is -2.41. The summed E-state index contributed by atoms with van der Waals surface area (Å²) in [6.45, 7) is 4.70. The summed E-state index contributed by atoms with van der Waals surface area (Å²) in [7, 11) is 0. The molecule has 2 unspecified atom stereocenters. The average molecular weight is 279 g/mol. The number of halogens is 1. The molecule has 3 heteroatoms. The van der Waals surface area contributed by atoms with E-state index >= 15 is 0 Å². The first-order valence-corrected chi connectivity index (χ1v) is 8.24. The highest BCUT2D eigenvalue weighted by Gasteiger charge is 2.36. The van der Waals surface area contributed by atoms with Crippen LogP contribution in [0.1, 0.15) is 51.1 Å². The van der Waals surface area contributed by atoms with Gasteiger partial charge in [0.1, 0.15) is 5.82 Å². The molecule has 1 aromatic rings. The van der Waals surface area contributed by atoms with Gasteiger partial charge in [-0.25, -0.2) is 4.39 Å². The molecule has 1 nitrogen and oxygen atoms in total. The van der Waals surface area contributed by atoms with Crippen molar-refractivity contribution < 1.29 is 4.39 Å². The van der Waals surface area contributed by atoms with Crippen molar-refractivity contribution in [1.29, 1.82) is 0 Å². The minimum absolute atomic E-state index is 0.0558. The van der Waals surface area contributed by atoms with Crippen LogP contribution in [-0.2, 0) is 0 Å². The maximum atomic E-state index is 13.9. The van der Waals surface area contributed by atoms with Crippen molar-refractivity contribution in [3.05, 3.63) is 29.6 Å². The third kappa shape index (κ3) is 2.55. The van der Waals surface area contributed by atoms with E-state index in [4.69, 9.17) is 0 Å². The van der Waals surface area contributed by atoms with Gasteiger partial charge >= 0.3 is 0 Å². The molecule has 104 valence electrons. The summed E-state index contributed by atoms with van der Waals surface area (Å²) in [5.41, 5.74) is 1.54. The van der Waals surface area contributed by atoms with E-state index < -0.39 is 0 Å². The Morgan fingerprint density at radius 3 is 2.89 bits per heavy atom. The normalized spacial score (nSPS) is 29.2. The molecule has 0 saturated heterocycles. The zero-order chi connectivity index (χ0) is 13.5. The van der Waals surface area contributed by atoms with Crippen LogP contribution in [0.3, 0.4) is 0 Å². The molecular formula is C16H22FNS. The van der Waals surface area contributed by atoms with E-state index in [9.17, 15) is 4.39 Å². The van der Waals surface area contributed by atoms with E-state index in [2.05, 4.69) is 25.2 Å². The van der Waals surface area contributed by atoms with Crippen LogP contribution in [0.2, 0.25) is 0 Å². The Morgan fingerprint density at radius 2 is 2.16 bits per heavy atom. The van der Waals surface area contributed by atoms with E-state index in [0.717, 1.165) is 17.1 Å². The van der Waals surface area contributed by atoms with Crippen LogP contribution in [-0.4, -0.2) is 11.8 Å². The van der Waals surface area contributed by atoms with E-state index in [1.54, 1.807) is 17.8 Å². The highest BCUT2D eigenvalue weighted by Crippen LogP contribution is 2.42. The maximum Gasteiger partial charge on any atom is 0.137 e. The van der Waals surface area contributed by atoms with Gasteiger partial charge in [-0.1, -0.05) is 32.4 Å². The molecule has 0 radical (unpaired) electrons. The van der Waals surface area contributed by atoms with E-state index in [1.807, 2.05) is 6.07 Å². The molecule has 1 fully saturated rings. The minimum atomic E-state index is -0.0558.